The summed E-state index contributed by atoms with van der Waals surface area (Å²) in [6.07, 6.45) is 8.70. The van der Waals surface area contributed by atoms with Crippen LogP contribution in [0.25, 0.3) is 0 Å². The van der Waals surface area contributed by atoms with E-state index in [4.69, 9.17) is 4.42 Å². The van der Waals surface area contributed by atoms with E-state index in [9.17, 15) is 4.79 Å². The van der Waals surface area contributed by atoms with Crippen LogP contribution in [-0.4, -0.2) is 33.2 Å². The Balaban J connectivity index is 1.42. The summed E-state index contributed by atoms with van der Waals surface area (Å²) < 4.78 is 7.40. The molecule has 2 fully saturated rings. The number of aryl methyl sites for hydroxylation is 1. The van der Waals surface area contributed by atoms with Gasteiger partial charge >= 0.3 is 0 Å². The smallest absolute Gasteiger partial charge is 0.226 e. The Morgan fingerprint density at radius 1 is 1.50 bits per heavy atom. The van der Waals surface area contributed by atoms with Crippen molar-refractivity contribution in [2.45, 2.75) is 44.7 Å². The average molecular weight is 299 g/mol. The zero-order valence-electron chi connectivity index (χ0n) is 12.8. The quantitative estimate of drug-likeness (QED) is 0.872. The standard InChI is InChI=1S/C17H21N3O2/c1-12-9-18-19(10-12)11-13-4-2-6-20(13)17(21)15-8-14(15)16-5-3-7-22-16/h3,5,7,9-10,13-15H,2,4,6,8,11H2,1H3/t13-,14-,15+/m0/s1. The van der Waals surface area contributed by atoms with E-state index < -0.39 is 0 Å². The van der Waals surface area contributed by atoms with Gasteiger partial charge in [0.05, 0.1) is 25.0 Å². The fourth-order valence-electron chi connectivity index (χ4n) is 3.60. The van der Waals surface area contributed by atoms with Gasteiger partial charge in [-0.3, -0.25) is 9.48 Å². The third-order valence-corrected chi connectivity index (χ3v) is 4.84. The normalized spacial score (nSPS) is 27.3. The van der Waals surface area contributed by atoms with Crippen LogP contribution < -0.4 is 0 Å². The minimum absolute atomic E-state index is 0.117. The lowest BCUT2D eigenvalue weighted by Crippen LogP contribution is -2.39. The molecule has 0 unspecified atom stereocenters. The number of carbonyl (C=O) groups is 1. The Morgan fingerprint density at radius 3 is 3.14 bits per heavy atom. The van der Waals surface area contributed by atoms with Gasteiger partial charge in [-0.1, -0.05) is 0 Å². The van der Waals surface area contributed by atoms with Crippen molar-refractivity contribution in [2.75, 3.05) is 6.54 Å². The predicted octanol–water partition coefficient (Wildman–Crippen LogP) is 2.58. The molecule has 116 valence electrons. The Hall–Kier alpha value is -2.04. The second-order valence-electron chi connectivity index (χ2n) is 6.53. The zero-order valence-corrected chi connectivity index (χ0v) is 12.8. The molecule has 1 saturated carbocycles. The molecule has 0 N–H and O–H groups in total. The van der Waals surface area contributed by atoms with E-state index in [1.807, 2.05) is 36.1 Å². The Kier molecular flexibility index (Phi) is 3.28. The van der Waals surface area contributed by atoms with Crippen LogP contribution >= 0.6 is 0 Å². The second kappa shape index (κ2) is 5.30. The number of hydrogen-bond acceptors (Lipinski definition) is 3. The number of carbonyl (C=O) groups excluding carboxylic acids is 1. The maximum Gasteiger partial charge on any atom is 0.226 e. The van der Waals surface area contributed by atoms with Crippen molar-refractivity contribution in [3.8, 4) is 0 Å². The molecule has 5 nitrogen and oxygen atoms in total. The molecule has 1 amide bonds. The van der Waals surface area contributed by atoms with Crippen molar-refractivity contribution in [1.82, 2.24) is 14.7 Å². The van der Waals surface area contributed by atoms with Crippen LogP contribution in [0.2, 0.25) is 0 Å². The summed E-state index contributed by atoms with van der Waals surface area (Å²) in [6, 6.07) is 4.16. The van der Waals surface area contributed by atoms with Gasteiger partial charge in [0.15, 0.2) is 0 Å². The van der Waals surface area contributed by atoms with Gasteiger partial charge in [-0.25, -0.2) is 0 Å². The van der Waals surface area contributed by atoms with Gasteiger partial charge in [-0.05, 0) is 43.9 Å². The van der Waals surface area contributed by atoms with E-state index in [0.29, 0.717) is 5.91 Å². The van der Waals surface area contributed by atoms with E-state index in [0.717, 1.165) is 43.7 Å². The topological polar surface area (TPSA) is 51.3 Å². The van der Waals surface area contributed by atoms with Crippen LogP contribution in [0.15, 0.2) is 35.2 Å². The molecule has 1 saturated heterocycles. The highest BCUT2D eigenvalue weighted by Crippen LogP contribution is 2.49. The molecule has 1 aliphatic carbocycles. The minimum Gasteiger partial charge on any atom is -0.469 e. The SMILES string of the molecule is Cc1cnn(C[C@@H]2CCCN2C(=O)[C@@H]2C[C@@H]2c2ccco2)c1. The molecule has 22 heavy (non-hydrogen) atoms. The molecule has 0 aromatic carbocycles. The monoisotopic (exact) mass is 299 g/mol. The number of aromatic nitrogens is 2. The first-order valence-electron chi connectivity index (χ1n) is 8.05. The highest BCUT2D eigenvalue weighted by molar-refractivity contribution is 5.83. The highest BCUT2D eigenvalue weighted by Gasteiger charge is 2.49. The third-order valence-electron chi connectivity index (χ3n) is 4.84. The van der Waals surface area contributed by atoms with Gasteiger partial charge in [-0.2, -0.15) is 5.10 Å². The van der Waals surface area contributed by atoms with Crippen molar-refractivity contribution in [3.05, 3.63) is 42.1 Å². The van der Waals surface area contributed by atoms with Gasteiger partial charge in [0.1, 0.15) is 5.76 Å². The molecule has 3 atom stereocenters. The number of likely N-dealkylation sites (tertiary alicyclic amines) is 1. The predicted molar refractivity (Wildman–Crippen MR) is 81.3 cm³/mol. The van der Waals surface area contributed by atoms with Crippen LogP contribution in [0.3, 0.4) is 0 Å². The first-order valence-corrected chi connectivity index (χ1v) is 8.05. The molecule has 1 aliphatic heterocycles. The van der Waals surface area contributed by atoms with Gasteiger partial charge < -0.3 is 9.32 Å². The fourth-order valence-corrected chi connectivity index (χ4v) is 3.60. The first kappa shape index (κ1) is 13.6. The maximum atomic E-state index is 12.8. The number of amides is 1. The van der Waals surface area contributed by atoms with Crippen molar-refractivity contribution in [2.24, 2.45) is 5.92 Å². The lowest BCUT2D eigenvalue weighted by atomic mass is 10.2. The number of nitrogens with zero attached hydrogens (tertiary/aromatic N) is 3. The number of rotatable bonds is 4. The molecular formula is C17H21N3O2. The molecule has 3 heterocycles. The molecule has 2 aromatic heterocycles. The Bertz CT molecular complexity index is 661. The van der Waals surface area contributed by atoms with Gasteiger partial charge in [0, 0.05) is 24.6 Å². The van der Waals surface area contributed by atoms with E-state index in [1.165, 1.54) is 0 Å². The number of furan rings is 1. The number of hydrogen-bond donors (Lipinski definition) is 0. The van der Waals surface area contributed by atoms with Crippen LogP contribution in [0.4, 0.5) is 0 Å². The minimum atomic E-state index is 0.117. The average Bonchev–Trinajstić information content (AvgIpc) is 2.93. The van der Waals surface area contributed by atoms with Gasteiger partial charge in [0.25, 0.3) is 0 Å². The van der Waals surface area contributed by atoms with E-state index in [1.54, 1.807) is 6.26 Å². The molecule has 0 radical (unpaired) electrons. The van der Waals surface area contributed by atoms with E-state index in [-0.39, 0.29) is 17.9 Å². The summed E-state index contributed by atoms with van der Waals surface area (Å²) in [5, 5.41) is 4.35. The van der Waals surface area contributed by atoms with E-state index in [2.05, 4.69) is 10.00 Å². The fraction of sp³-hybridized carbons (Fsp3) is 0.529. The second-order valence-corrected chi connectivity index (χ2v) is 6.53. The zero-order chi connectivity index (χ0) is 15.1. The maximum absolute atomic E-state index is 12.8. The highest BCUT2D eigenvalue weighted by atomic mass is 16.3. The molecule has 0 spiro atoms. The molecule has 2 aliphatic rings. The molecule has 0 bridgehead atoms. The molecule has 4 rings (SSSR count). The third kappa shape index (κ3) is 2.45. The summed E-state index contributed by atoms with van der Waals surface area (Å²) in [7, 11) is 0. The summed E-state index contributed by atoms with van der Waals surface area (Å²) in [5.74, 6) is 1.66. The molecule has 5 heteroatoms. The largest absolute Gasteiger partial charge is 0.469 e. The molecular weight excluding hydrogens is 278 g/mol. The summed E-state index contributed by atoms with van der Waals surface area (Å²) in [4.78, 5) is 14.8. The van der Waals surface area contributed by atoms with E-state index >= 15 is 0 Å². The van der Waals surface area contributed by atoms with Crippen molar-refractivity contribution in [1.29, 1.82) is 0 Å². The Morgan fingerprint density at radius 2 is 2.41 bits per heavy atom. The van der Waals surface area contributed by atoms with Gasteiger partial charge in [0.2, 0.25) is 5.91 Å². The van der Waals surface area contributed by atoms with Gasteiger partial charge in [-0.15, -0.1) is 0 Å². The van der Waals surface area contributed by atoms with Crippen LogP contribution in [0.1, 0.15) is 36.5 Å². The first-order chi connectivity index (χ1) is 10.7. The molecule has 2 aromatic rings. The van der Waals surface area contributed by atoms with Crippen molar-refractivity contribution < 1.29 is 9.21 Å². The van der Waals surface area contributed by atoms with Crippen LogP contribution in [0, 0.1) is 12.8 Å². The van der Waals surface area contributed by atoms with Crippen LogP contribution in [-0.2, 0) is 11.3 Å². The van der Waals surface area contributed by atoms with Crippen molar-refractivity contribution >= 4 is 5.91 Å². The summed E-state index contributed by atoms with van der Waals surface area (Å²) in [6.45, 7) is 3.72. The Labute approximate surface area is 129 Å². The van der Waals surface area contributed by atoms with Crippen molar-refractivity contribution in [3.63, 3.8) is 0 Å². The van der Waals surface area contributed by atoms with Crippen LogP contribution in [0.5, 0.6) is 0 Å². The summed E-state index contributed by atoms with van der Waals surface area (Å²) in [5.41, 5.74) is 1.16. The lowest BCUT2D eigenvalue weighted by Gasteiger charge is -2.25. The lowest BCUT2D eigenvalue weighted by molar-refractivity contribution is -0.133. The summed E-state index contributed by atoms with van der Waals surface area (Å²) >= 11 is 0.